The fourth-order valence-electron chi connectivity index (χ4n) is 9.00. The molecule has 14 heteroatoms. The normalized spacial score (nSPS) is 25.5. The summed E-state index contributed by atoms with van der Waals surface area (Å²) in [6, 6.07) is 0. The molecule has 7 N–H and O–H groups in total. The first kappa shape index (κ1) is 65.3. The van der Waals surface area contributed by atoms with Gasteiger partial charge < -0.3 is 64.2 Å². The molecule has 0 aromatic heterocycles. The number of rotatable bonds is 46. The van der Waals surface area contributed by atoms with Crippen LogP contribution in [-0.4, -0.2) is 142 Å². The number of hydrogen-bond acceptors (Lipinski definition) is 14. The standard InChI is InChI=1S/C57H104O14/c1-3-5-7-9-11-13-15-17-19-20-21-22-23-24-25-27-29-31-33-35-37-39-41-66-43-46(69-49(59)40-38-36-34-32-30-28-26-18-16-14-12-10-8-6-4-2)44-67-56-55(65)53(63)51(61)48(71-56)45-68-57-54(64)52(62)50(60)47(42-58)70-57/h15,17,20-21,23-24,46-48,50-58,60-65H,3-14,16,18-19,22,25-45H2,1-2H3/b17-15-,21-20-,24-23-. The molecule has 0 spiro atoms. The van der Waals surface area contributed by atoms with E-state index in [0.717, 1.165) is 57.8 Å². The molecule has 2 aliphatic heterocycles. The molecule has 2 heterocycles. The third kappa shape index (κ3) is 31.6. The molecule has 0 aromatic rings. The van der Waals surface area contributed by atoms with Crippen LogP contribution >= 0.6 is 0 Å². The van der Waals surface area contributed by atoms with Crippen molar-refractivity contribution in [3.05, 3.63) is 36.5 Å². The van der Waals surface area contributed by atoms with Gasteiger partial charge in [0.05, 0.1) is 26.4 Å². The van der Waals surface area contributed by atoms with Gasteiger partial charge in [0, 0.05) is 13.0 Å². The summed E-state index contributed by atoms with van der Waals surface area (Å²) in [7, 11) is 0. The Morgan fingerprint density at radius 2 is 0.873 bits per heavy atom. The molecule has 71 heavy (non-hydrogen) atoms. The SMILES string of the molecule is CCCCCCC/C=C\C/C=C\C/C=C\CCCCCCCCCOCC(COC1OC(COC2OC(CO)C(O)C(O)C2O)C(O)C(O)C1O)OC(=O)CCCCCCCCCCCCCCCCC. The van der Waals surface area contributed by atoms with E-state index in [1.807, 2.05) is 0 Å². The van der Waals surface area contributed by atoms with Crippen molar-refractivity contribution in [2.24, 2.45) is 0 Å². The fourth-order valence-corrected chi connectivity index (χ4v) is 9.00. The molecular formula is C57H104O14. The second-order valence-corrected chi connectivity index (χ2v) is 20.1. The van der Waals surface area contributed by atoms with Crippen LogP contribution < -0.4 is 0 Å². The number of allylic oxidation sites excluding steroid dienone is 6. The van der Waals surface area contributed by atoms with E-state index in [1.54, 1.807) is 0 Å². The maximum absolute atomic E-state index is 13.0. The number of carbonyl (C=O) groups excluding carboxylic acids is 1. The van der Waals surface area contributed by atoms with Crippen molar-refractivity contribution in [2.75, 3.05) is 33.0 Å². The lowest BCUT2D eigenvalue weighted by Gasteiger charge is -2.42. The van der Waals surface area contributed by atoms with Gasteiger partial charge in [-0.2, -0.15) is 0 Å². The van der Waals surface area contributed by atoms with Crippen LogP contribution in [0.3, 0.4) is 0 Å². The smallest absolute Gasteiger partial charge is 0.306 e. The lowest BCUT2D eigenvalue weighted by Crippen LogP contribution is -2.61. The third-order valence-corrected chi connectivity index (χ3v) is 13.7. The van der Waals surface area contributed by atoms with Crippen molar-refractivity contribution < 1.29 is 69.0 Å². The van der Waals surface area contributed by atoms with Crippen LogP contribution in [0.4, 0.5) is 0 Å². The van der Waals surface area contributed by atoms with E-state index in [4.69, 9.17) is 28.4 Å². The zero-order valence-electron chi connectivity index (χ0n) is 44.5. The van der Waals surface area contributed by atoms with E-state index in [0.29, 0.717) is 13.0 Å². The van der Waals surface area contributed by atoms with E-state index >= 15 is 0 Å². The molecule has 0 bridgehead atoms. The lowest BCUT2D eigenvalue weighted by molar-refractivity contribution is -0.332. The second-order valence-electron chi connectivity index (χ2n) is 20.1. The molecule has 0 saturated carbocycles. The largest absolute Gasteiger partial charge is 0.457 e. The summed E-state index contributed by atoms with van der Waals surface area (Å²) in [5, 5.41) is 72.3. The molecule has 0 aromatic carbocycles. The Balaban J connectivity index is 1.72. The molecule has 14 nitrogen and oxygen atoms in total. The lowest BCUT2D eigenvalue weighted by atomic mass is 9.98. The predicted molar refractivity (Wildman–Crippen MR) is 280 cm³/mol. The zero-order chi connectivity index (χ0) is 51.6. The summed E-state index contributed by atoms with van der Waals surface area (Å²) in [5.41, 5.74) is 0. The van der Waals surface area contributed by atoms with Crippen molar-refractivity contribution in [1.82, 2.24) is 0 Å². The molecule has 2 rings (SSSR count). The second kappa shape index (κ2) is 44.5. The van der Waals surface area contributed by atoms with Gasteiger partial charge in [-0.25, -0.2) is 0 Å². The number of carbonyl (C=O) groups is 1. The van der Waals surface area contributed by atoms with Crippen LogP contribution in [0.15, 0.2) is 36.5 Å². The minimum absolute atomic E-state index is 0.0574. The van der Waals surface area contributed by atoms with E-state index in [9.17, 15) is 40.5 Å². The zero-order valence-corrected chi connectivity index (χ0v) is 44.5. The van der Waals surface area contributed by atoms with E-state index in [2.05, 4.69) is 50.3 Å². The van der Waals surface area contributed by atoms with Gasteiger partial charge in [-0.3, -0.25) is 4.79 Å². The highest BCUT2D eigenvalue weighted by Gasteiger charge is 2.47. The number of hydrogen-bond donors (Lipinski definition) is 7. The van der Waals surface area contributed by atoms with Crippen LogP contribution in [0.2, 0.25) is 0 Å². The first-order valence-electron chi connectivity index (χ1n) is 28.6. The Kier molecular flexibility index (Phi) is 40.9. The summed E-state index contributed by atoms with van der Waals surface area (Å²) >= 11 is 0. The molecule has 11 atom stereocenters. The van der Waals surface area contributed by atoms with Gasteiger partial charge in [0.25, 0.3) is 0 Å². The van der Waals surface area contributed by atoms with Gasteiger partial charge in [-0.1, -0.05) is 198 Å². The average molecular weight is 1010 g/mol. The summed E-state index contributed by atoms with van der Waals surface area (Å²) in [4.78, 5) is 13.0. The molecule has 2 saturated heterocycles. The average Bonchev–Trinajstić information content (AvgIpc) is 3.37. The van der Waals surface area contributed by atoms with Crippen LogP contribution in [0, 0.1) is 0 Å². The molecule has 0 radical (unpaired) electrons. The quantitative estimate of drug-likeness (QED) is 0.0172. The highest BCUT2D eigenvalue weighted by atomic mass is 16.7. The summed E-state index contributed by atoms with van der Waals surface area (Å²) in [5.74, 6) is -0.377. The van der Waals surface area contributed by atoms with Gasteiger partial charge in [-0.05, 0) is 51.4 Å². The summed E-state index contributed by atoms with van der Waals surface area (Å²) in [6.07, 6.45) is 34.9. The highest BCUT2D eigenvalue weighted by molar-refractivity contribution is 5.69. The van der Waals surface area contributed by atoms with Gasteiger partial charge in [0.1, 0.15) is 54.9 Å². The first-order chi connectivity index (χ1) is 34.6. The minimum Gasteiger partial charge on any atom is -0.457 e. The Labute approximate surface area is 429 Å². The van der Waals surface area contributed by atoms with Crippen molar-refractivity contribution >= 4 is 5.97 Å². The number of aliphatic hydroxyl groups is 7. The topological polar surface area (TPSA) is 214 Å². The van der Waals surface area contributed by atoms with Crippen LogP contribution in [0.1, 0.15) is 219 Å². The number of esters is 1. The maximum Gasteiger partial charge on any atom is 0.306 e. The summed E-state index contributed by atoms with van der Waals surface area (Å²) < 4.78 is 34.4. The Bertz CT molecular complexity index is 1310. The Hall–Kier alpha value is -1.79. The molecule has 0 amide bonds. The van der Waals surface area contributed by atoms with Crippen LogP contribution in [0.25, 0.3) is 0 Å². The van der Waals surface area contributed by atoms with Gasteiger partial charge >= 0.3 is 5.97 Å². The van der Waals surface area contributed by atoms with E-state index in [-0.39, 0.29) is 25.6 Å². The summed E-state index contributed by atoms with van der Waals surface area (Å²) in [6.45, 7) is 3.68. The molecule has 416 valence electrons. The minimum atomic E-state index is -1.71. The maximum atomic E-state index is 13.0. The Morgan fingerprint density at radius 3 is 1.37 bits per heavy atom. The fraction of sp³-hybridized carbons (Fsp3) is 0.877. The van der Waals surface area contributed by atoms with Crippen molar-refractivity contribution in [3.63, 3.8) is 0 Å². The van der Waals surface area contributed by atoms with Gasteiger partial charge in [0.15, 0.2) is 12.6 Å². The van der Waals surface area contributed by atoms with Crippen LogP contribution in [0.5, 0.6) is 0 Å². The third-order valence-electron chi connectivity index (χ3n) is 13.7. The van der Waals surface area contributed by atoms with Crippen LogP contribution in [-0.2, 0) is 33.2 Å². The molecule has 11 unspecified atom stereocenters. The number of unbranched alkanes of at least 4 members (excludes halogenated alkanes) is 26. The van der Waals surface area contributed by atoms with Crippen molar-refractivity contribution in [2.45, 2.75) is 287 Å². The van der Waals surface area contributed by atoms with E-state index < -0.39 is 80.7 Å². The number of aliphatic hydroxyl groups excluding tert-OH is 7. The monoisotopic (exact) mass is 1010 g/mol. The highest BCUT2D eigenvalue weighted by Crippen LogP contribution is 2.27. The van der Waals surface area contributed by atoms with Gasteiger partial charge in [0.2, 0.25) is 0 Å². The number of ether oxygens (including phenoxy) is 6. The van der Waals surface area contributed by atoms with Crippen molar-refractivity contribution in [3.8, 4) is 0 Å². The Morgan fingerprint density at radius 1 is 0.465 bits per heavy atom. The molecule has 0 aliphatic carbocycles. The molecule has 2 aliphatic rings. The van der Waals surface area contributed by atoms with E-state index in [1.165, 1.54) is 135 Å². The van der Waals surface area contributed by atoms with Crippen molar-refractivity contribution in [1.29, 1.82) is 0 Å². The first-order valence-corrected chi connectivity index (χ1v) is 28.6. The molecule has 2 fully saturated rings. The molecular weight excluding hydrogens is 909 g/mol. The predicted octanol–water partition coefficient (Wildman–Crippen LogP) is 9.75. The van der Waals surface area contributed by atoms with Gasteiger partial charge in [-0.15, -0.1) is 0 Å².